The average Bonchev–Trinajstić information content (AvgIpc) is 3.53. The molecule has 4 heterocycles. The minimum Gasteiger partial charge on any atom is -0.495 e. The van der Waals surface area contributed by atoms with Crippen molar-refractivity contribution in [1.82, 2.24) is 14.7 Å². The Hall–Kier alpha value is -3.63. The molecule has 11 heteroatoms. The third-order valence-corrected chi connectivity index (χ3v) is 6.35. The Morgan fingerprint density at radius 1 is 1.15 bits per heavy atom. The zero-order valence-corrected chi connectivity index (χ0v) is 18.5. The van der Waals surface area contributed by atoms with Crippen LogP contribution in [-0.2, 0) is 0 Å². The highest BCUT2D eigenvalue weighted by Crippen LogP contribution is 2.44. The number of anilines is 2. The fourth-order valence-corrected chi connectivity index (χ4v) is 4.61. The second-order valence-electron chi connectivity index (χ2n) is 8.31. The summed E-state index contributed by atoms with van der Waals surface area (Å²) < 4.78 is 53.2. The number of nitrogens with zero attached hydrogens (tertiary/aromatic N) is 4. The molecule has 0 radical (unpaired) electrons. The van der Waals surface area contributed by atoms with Crippen LogP contribution in [0, 0.1) is 0 Å². The van der Waals surface area contributed by atoms with Gasteiger partial charge in [-0.15, -0.1) is 0 Å². The van der Waals surface area contributed by atoms with E-state index in [1.54, 1.807) is 24.1 Å². The average molecular weight is 475 g/mol. The summed E-state index contributed by atoms with van der Waals surface area (Å²) in [4.78, 5) is 17.1. The molecule has 5 rings (SSSR count). The smallest absolute Gasteiger partial charge is 0.410 e. The van der Waals surface area contributed by atoms with E-state index in [2.05, 4.69) is 15.3 Å². The molecule has 1 saturated heterocycles. The first-order chi connectivity index (χ1) is 16.4. The number of halogens is 3. The van der Waals surface area contributed by atoms with Crippen LogP contribution in [0.1, 0.15) is 34.6 Å². The van der Waals surface area contributed by atoms with Crippen LogP contribution in [0.2, 0.25) is 0 Å². The van der Waals surface area contributed by atoms with Crippen molar-refractivity contribution < 1.29 is 27.1 Å². The minimum absolute atomic E-state index is 0.0622. The predicted octanol–water partition coefficient (Wildman–Crippen LogP) is 4.11. The molecular weight excluding hydrogens is 451 g/mol. The lowest BCUT2D eigenvalue weighted by Gasteiger charge is -2.37. The first-order valence-electron chi connectivity index (χ1n) is 11.0. The van der Waals surface area contributed by atoms with E-state index in [1.165, 1.54) is 12.5 Å². The fourth-order valence-electron chi connectivity index (χ4n) is 4.61. The molecule has 0 aliphatic carbocycles. The van der Waals surface area contributed by atoms with Gasteiger partial charge in [-0.3, -0.25) is 4.79 Å². The maximum absolute atomic E-state index is 13.8. The summed E-state index contributed by atoms with van der Waals surface area (Å²) in [6.45, 7) is 1.99. The first kappa shape index (κ1) is 22.2. The Bertz CT molecular complexity index is 1150. The Labute approximate surface area is 193 Å². The molecule has 1 amide bonds. The monoisotopic (exact) mass is 475 g/mol. The van der Waals surface area contributed by atoms with Gasteiger partial charge in [0.05, 0.1) is 31.3 Å². The molecule has 2 aromatic heterocycles. The number of aromatic nitrogens is 2. The van der Waals surface area contributed by atoms with Crippen molar-refractivity contribution in [3.8, 4) is 5.75 Å². The number of rotatable bonds is 4. The van der Waals surface area contributed by atoms with Crippen LogP contribution in [-0.4, -0.2) is 60.1 Å². The van der Waals surface area contributed by atoms with Crippen LogP contribution in [0.25, 0.3) is 0 Å². The SMILES string of the molecule is COc1ccccc1N1CCN(C(=O)c2cnn3c2N[C@H](c2ccco2)C[C@@H]3C(F)(F)F)CC1. The van der Waals surface area contributed by atoms with E-state index in [0.717, 1.165) is 16.1 Å². The van der Waals surface area contributed by atoms with Gasteiger partial charge < -0.3 is 24.3 Å². The summed E-state index contributed by atoms with van der Waals surface area (Å²) in [5, 5.41) is 7.00. The zero-order valence-electron chi connectivity index (χ0n) is 18.5. The maximum atomic E-state index is 13.8. The van der Waals surface area contributed by atoms with Crippen molar-refractivity contribution >= 4 is 17.4 Å². The lowest BCUT2D eigenvalue weighted by Crippen LogP contribution is -2.49. The van der Waals surface area contributed by atoms with Gasteiger partial charge in [-0.05, 0) is 24.3 Å². The van der Waals surface area contributed by atoms with Crippen LogP contribution in [0.15, 0.2) is 53.3 Å². The van der Waals surface area contributed by atoms with Crippen molar-refractivity contribution in [2.75, 3.05) is 43.5 Å². The van der Waals surface area contributed by atoms with Gasteiger partial charge in [-0.25, -0.2) is 4.68 Å². The van der Waals surface area contributed by atoms with Crippen molar-refractivity contribution in [2.45, 2.75) is 24.7 Å². The van der Waals surface area contributed by atoms with Gasteiger partial charge in [0.1, 0.15) is 22.9 Å². The largest absolute Gasteiger partial charge is 0.495 e. The third-order valence-electron chi connectivity index (χ3n) is 6.35. The Kier molecular flexibility index (Phi) is 5.62. The molecule has 180 valence electrons. The molecule has 1 aromatic carbocycles. The second-order valence-corrected chi connectivity index (χ2v) is 8.31. The molecule has 0 saturated carbocycles. The Balaban J connectivity index is 1.36. The molecule has 3 aromatic rings. The number of benzene rings is 1. The van der Waals surface area contributed by atoms with Crippen LogP contribution in [0.4, 0.5) is 24.7 Å². The molecule has 0 bridgehead atoms. The maximum Gasteiger partial charge on any atom is 0.410 e. The molecule has 0 spiro atoms. The normalized spacial score (nSPS) is 20.6. The van der Waals surface area contributed by atoms with E-state index in [1.807, 2.05) is 24.3 Å². The van der Waals surface area contributed by atoms with Crippen molar-refractivity contribution in [3.05, 3.63) is 60.2 Å². The molecule has 34 heavy (non-hydrogen) atoms. The molecule has 8 nitrogen and oxygen atoms in total. The zero-order chi connectivity index (χ0) is 23.9. The van der Waals surface area contributed by atoms with Gasteiger partial charge in [-0.2, -0.15) is 18.3 Å². The number of hydrogen-bond acceptors (Lipinski definition) is 6. The van der Waals surface area contributed by atoms with Crippen LogP contribution in [0.3, 0.4) is 0 Å². The molecule has 0 unspecified atom stereocenters. The number of fused-ring (bicyclic) bond motifs is 1. The number of carbonyl (C=O) groups excluding carboxylic acids is 1. The number of furan rings is 1. The Morgan fingerprint density at radius 3 is 2.59 bits per heavy atom. The van der Waals surface area contributed by atoms with E-state index >= 15 is 0 Å². The van der Waals surface area contributed by atoms with Gasteiger partial charge in [0, 0.05) is 32.6 Å². The molecule has 2 aliphatic rings. The van der Waals surface area contributed by atoms with E-state index in [0.29, 0.717) is 31.9 Å². The molecule has 2 atom stereocenters. The van der Waals surface area contributed by atoms with Crippen LogP contribution in [0.5, 0.6) is 5.75 Å². The topological polar surface area (TPSA) is 75.8 Å². The highest BCUT2D eigenvalue weighted by molar-refractivity contribution is 5.99. The quantitative estimate of drug-likeness (QED) is 0.612. The van der Waals surface area contributed by atoms with Crippen LogP contribution < -0.4 is 15.0 Å². The Morgan fingerprint density at radius 2 is 1.91 bits per heavy atom. The highest BCUT2D eigenvalue weighted by Gasteiger charge is 2.48. The highest BCUT2D eigenvalue weighted by atomic mass is 19.4. The summed E-state index contributed by atoms with van der Waals surface area (Å²) in [5.41, 5.74) is 1.06. The lowest BCUT2D eigenvalue weighted by molar-refractivity contribution is -0.174. The lowest BCUT2D eigenvalue weighted by atomic mass is 10.0. The standard InChI is InChI=1S/C23H24F3N5O3/c1-33-19-6-3-2-5-17(19)29-8-10-30(11-9-29)22(32)15-14-27-31-20(23(24,25)26)13-16(28-21(15)31)18-7-4-12-34-18/h2-7,12,14,16,20,28H,8-11,13H2,1H3/t16-,20+/m0/s1. The van der Waals surface area contributed by atoms with E-state index in [-0.39, 0.29) is 23.7 Å². The number of ether oxygens (including phenoxy) is 1. The number of hydrogen-bond donors (Lipinski definition) is 1. The number of para-hydroxylation sites is 2. The second kappa shape index (κ2) is 8.62. The van der Waals surface area contributed by atoms with E-state index < -0.39 is 18.3 Å². The number of piperazine rings is 1. The minimum atomic E-state index is -4.52. The number of amides is 1. The first-order valence-corrected chi connectivity index (χ1v) is 11.0. The summed E-state index contributed by atoms with van der Waals surface area (Å²) in [7, 11) is 1.61. The number of alkyl halides is 3. The molecule has 1 N–H and O–H groups in total. The number of carbonyl (C=O) groups is 1. The van der Waals surface area contributed by atoms with Gasteiger partial charge in [0.15, 0.2) is 6.04 Å². The third kappa shape index (κ3) is 3.95. The van der Waals surface area contributed by atoms with Crippen LogP contribution >= 0.6 is 0 Å². The van der Waals surface area contributed by atoms with Gasteiger partial charge in [0.2, 0.25) is 0 Å². The van der Waals surface area contributed by atoms with Crippen molar-refractivity contribution in [3.63, 3.8) is 0 Å². The molecular formula is C23H24F3N5O3. The van der Waals surface area contributed by atoms with Gasteiger partial charge in [-0.1, -0.05) is 12.1 Å². The number of methoxy groups -OCH3 is 1. The predicted molar refractivity (Wildman–Crippen MR) is 118 cm³/mol. The van der Waals surface area contributed by atoms with E-state index in [4.69, 9.17) is 9.15 Å². The molecule has 2 aliphatic heterocycles. The fraction of sp³-hybridized carbons (Fsp3) is 0.391. The van der Waals surface area contributed by atoms with Gasteiger partial charge in [0.25, 0.3) is 5.91 Å². The summed E-state index contributed by atoms with van der Waals surface area (Å²) in [6.07, 6.45) is -2.16. The summed E-state index contributed by atoms with van der Waals surface area (Å²) in [5.74, 6) is 0.839. The van der Waals surface area contributed by atoms with Crippen molar-refractivity contribution in [1.29, 1.82) is 0 Å². The number of nitrogens with one attached hydrogen (secondary N) is 1. The van der Waals surface area contributed by atoms with E-state index in [9.17, 15) is 18.0 Å². The summed E-state index contributed by atoms with van der Waals surface area (Å²) >= 11 is 0. The van der Waals surface area contributed by atoms with Crippen molar-refractivity contribution in [2.24, 2.45) is 0 Å². The molecule has 1 fully saturated rings. The van der Waals surface area contributed by atoms with Gasteiger partial charge >= 0.3 is 6.18 Å². The summed E-state index contributed by atoms with van der Waals surface area (Å²) in [6, 6.07) is 8.32.